The highest BCUT2D eigenvalue weighted by Gasteiger charge is 2.12. The van der Waals surface area contributed by atoms with Crippen molar-refractivity contribution in [1.82, 2.24) is 10.5 Å². The van der Waals surface area contributed by atoms with E-state index < -0.39 is 0 Å². The molecule has 0 aliphatic heterocycles. The summed E-state index contributed by atoms with van der Waals surface area (Å²) in [4.78, 5) is 11.6. The van der Waals surface area contributed by atoms with Crippen molar-refractivity contribution in [1.29, 1.82) is 0 Å². The molecule has 0 spiro atoms. The van der Waals surface area contributed by atoms with Crippen molar-refractivity contribution in [3.8, 4) is 11.3 Å². The minimum atomic E-state index is -0.196. The molecule has 1 aromatic carbocycles. The van der Waals surface area contributed by atoms with E-state index in [2.05, 4.69) is 10.5 Å². The monoisotopic (exact) mass is 230 g/mol. The van der Waals surface area contributed by atoms with E-state index in [0.29, 0.717) is 18.0 Å². The Hall–Kier alpha value is -2.10. The summed E-state index contributed by atoms with van der Waals surface area (Å²) in [6.45, 7) is 2.64. The maximum absolute atomic E-state index is 11.6. The average Bonchev–Trinajstić information content (AvgIpc) is 2.86. The third-order valence-electron chi connectivity index (χ3n) is 2.34. The Morgan fingerprint density at radius 2 is 2.12 bits per heavy atom. The molecule has 0 atom stereocenters. The van der Waals surface area contributed by atoms with E-state index in [-0.39, 0.29) is 5.91 Å². The summed E-state index contributed by atoms with van der Waals surface area (Å²) in [7, 11) is 0. The summed E-state index contributed by atoms with van der Waals surface area (Å²) in [5, 5.41) is 6.51. The fourth-order valence-electron chi connectivity index (χ4n) is 1.45. The number of carbonyl (C=O) groups excluding carboxylic acids is 1. The standard InChI is InChI=1S/C13H14N2O2/c1-2-8-14-13(16)11-9-12(17-15-11)10-6-4-3-5-7-10/h3-7,9H,2,8H2,1H3,(H,14,16). The fraction of sp³-hybridized carbons (Fsp3) is 0.231. The normalized spacial score (nSPS) is 10.2. The largest absolute Gasteiger partial charge is 0.355 e. The van der Waals surface area contributed by atoms with Crippen LogP contribution in [0.2, 0.25) is 0 Å². The molecule has 1 aromatic heterocycles. The highest BCUT2D eigenvalue weighted by Crippen LogP contribution is 2.19. The predicted octanol–water partition coefficient (Wildman–Crippen LogP) is 2.48. The first-order valence-electron chi connectivity index (χ1n) is 5.61. The van der Waals surface area contributed by atoms with Crippen LogP contribution < -0.4 is 5.32 Å². The fourth-order valence-corrected chi connectivity index (χ4v) is 1.45. The van der Waals surface area contributed by atoms with Gasteiger partial charge in [0.1, 0.15) is 0 Å². The number of rotatable bonds is 4. The molecule has 4 nitrogen and oxygen atoms in total. The van der Waals surface area contributed by atoms with E-state index in [1.165, 1.54) is 0 Å². The molecule has 0 saturated heterocycles. The van der Waals surface area contributed by atoms with Crippen LogP contribution in [0.1, 0.15) is 23.8 Å². The van der Waals surface area contributed by atoms with Crippen LogP contribution in [-0.4, -0.2) is 17.6 Å². The molecule has 4 heteroatoms. The SMILES string of the molecule is CCCNC(=O)c1cc(-c2ccccc2)on1. The van der Waals surface area contributed by atoms with Gasteiger partial charge in [-0.1, -0.05) is 42.4 Å². The summed E-state index contributed by atoms with van der Waals surface area (Å²) < 4.78 is 5.14. The summed E-state index contributed by atoms with van der Waals surface area (Å²) in [5.41, 5.74) is 1.23. The lowest BCUT2D eigenvalue weighted by molar-refractivity contribution is 0.0944. The summed E-state index contributed by atoms with van der Waals surface area (Å²) in [6.07, 6.45) is 0.898. The molecule has 17 heavy (non-hydrogen) atoms. The maximum atomic E-state index is 11.6. The van der Waals surface area contributed by atoms with Gasteiger partial charge >= 0.3 is 0 Å². The van der Waals surface area contributed by atoms with Gasteiger partial charge in [0, 0.05) is 18.2 Å². The molecule has 1 N–H and O–H groups in total. The zero-order valence-corrected chi connectivity index (χ0v) is 9.64. The number of amides is 1. The van der Waals surface area contributed by atoms with Gasteiger partial charge in [-0.05, 0) is 6.42 Å². The zero-order valence-electron chi connectivity index (χ0n) is 9.64. The number of carbonyl (C=O) groups is 1. The zero-order chi connectivity index (χ0) is 12.1. The molecular weight excluding hydrogens is 216 g/mol. The van der Waals surface area contributed by atoms with E-state index in [1.54, 1.807) is 6.07 Å². The van der Waals surface area contributed by atoms with Crippen LogP contribution in [-0.2, 0) is 0 Å². The second-order valence-electron chi connectivity index (χ2n) is 3.70. The molecule has 0 unspecified atom stereocenters. The van der Waals surface area contributed by atoms with Crippen molar-refractivity contribution in [2.45, 2.75) is 13.3 Å². The second-order valence-corrected chi connectivity index (χ2v) is 3.70. The van der Waals surface area contributed by atoms with E-state index in [9.17, 15) is 4.79 Å². The Morgan fingerprint density at radius 3 is 2.82 bits per heavy atom. The topological polar surface area (TPSA) is 55.1 Å². The maximum Gasteiger partial charge on any atom is 0.273 e. The predicted molar refractivity (Wildman–Crippen MR) is 64.6 cm³/mol. The van der Waals surface area contributed by atoms with Crippen LogP contribution in [0, 0.1) is 0 Å². The first-order valence-corrected chi connectivity index (χ1v) is 5.61. The minimum Gasteiger partial charge on any atom is -0.355 e. The molecule has 2 aromatic rings. The summed E-state index contributed by atoms with van der Waals surface area (Å²) in [6, 6.07) is 11.2. The van der Waals surface area contributed by atoms with Gasteiger partial charge in [0.25, 0.3) is 5.91 Å². The molecule has 0 aliphatic carbocycles. The Bertz CT molecular complexity index is 491. The van der Waals surface area contributed by atoms with Gasteiger partial charge in [0.05, 0.1) is 0 Å². The number of hydrogen-bond acceptors (Lipinski definition) is 3. The van der Waals surface area contributed by atoms with Crippen LogP contribution in [0.3, 0.4) is 0 Å². The van der Waals surface area contributed by atoms with E-state index in [0.717, 1.165) is 12.0 Å². The quantitative estimate of drug-likeness (QED) is 0.877. The third kappa shape index (κ3) is 2.72. The van der Waals surface area contributed by atoms with Crippen molar-refractivity contribution in [3.05, 3.63) is 42.1 Å². The van der Waals surface area contributed by atoms with Crippen LogP contribution in [0.15, 0.2) is 40.9 Å². The van der Waals surface area contributed by atoms with Gasteiger partial charge in [-0.15, -0.1) is 0 Å². The lowest BCUT2D eigenvalue weighted by Crippen LogP contribution is -2.24. The van der Waals surface area contributed by atoms with Gasteiger partial charge < -0.3 is 9.84 Å². The van der Waals surface area contributed by atoms with Crippen molar-refractivity contribution >= 4 is 5.91 Å². The first-order chi connectivity index (χ1) is 8.31. The molecule has 0 aliphatic rings. The number of nitrogens with zero attached hydrogens (tertiary/aromatic N) is 1. The molecule has 88 valence electrons. The molecule has 1 amide bonds. The van der Waals surface area contributed by atoms with Gasteiger partial charge in [0.2, 0.25) is 0 Å². The van der Waals surface area contributed by atoms with Crippen molar-refractivity contribution in [3.63, 3.8) is 0 Å². The van der Waals surface area contributed by atoms with Crippen molar-refractivity contribution in [2.75, 3.05) is 6.54 Å². The lowest BCUT2D eigenvalue weighted by atomic mass is 10.1. The van der Waals surface area contributed by atoms with E-state index in [1.807, 2.05) is 37.3 Å². The van der Waals surface area contributed by atoms with Gasteiger partial charge in [-0.25, -0.2) is 0 Å². The lowest BCUT2D eigenvalue weighted by Gasteiger charge is -1.97. The highest BCUT2D eigenvalue weighted by molar-refractivity contribution is 5.93. The molecule has 0 radical (unpaired) electrons. The molecule has 2 rings (SSSR count). The number of aromatic nitrogens is 1. The molecule has 0 bridgehead atoms. The number of nitrogens with one attached hydrogen (secondary N) is 1. The Labute approximate surface area is 99.6 Å². The van der Waals surface area contributed by atoms with E-state index >= 15 is 0 Å². The molecule has 0 saturated carbocycles. The van der Waals surface area contributed by atoms with E-state index in [4.69, 9.17) is 4.52 Å². The Balaban J connectivity index is 2.14. The number of benzene rings is 1. The van der Waals surface area contributed by atoms with Crippen molar-refractivity contribution < 1.29 is 9.32 Å². The van der Waals surface area contributed by atoms with Crippen LogP contribution in [0.25, 0.3) is 11.3 Å². The second kappa shape index (κ2) is 5.30. The van der Waals surface area contributed by atoms with Crippen LogP contribution >= 0.6 is 0 Å². The molecular formula is C13H14N2O2. The van der Waals surface area contributed by atoms with Crippen LogP contribution in [0.5, 0.6) is 0 Å². The van der Waals surface area contributed by atoms with Gasteiger partial charge in [-0.2, -0.15) is 0 Å². The Kier molecular flexibility index (Phi) is 3.55. The van der Waals surface area contributed by atoms with Gasteiger partial charge in [-0.3, -0.25) is 4.79 Å². The first kappa shape index (κ1) is 11.4. The van der Waals surface area contributed by atoms with Gasteiger partial charge in [0.15, 0.2) is 11.5 Å². The summed E-state index contributed by atoms with van der Waals surface area (Å²) in [5.74, 6) is 0.407. The van der Waals surface area contributed by atoms with Crippen LogP contribution in [0.4, 0.5) is 0 Å². The third-order valence-corrected chi connectivity index (χ3v) is 2.34. The highest BCUT2D eigenvalue weighted by atomic mass is 16.5. The molecule has 0 fully saturated rings. The minimum absolute atomic E-state index is 0.196. The Morgan fingerprint density at radius 1 is 1.35 bits per heavy atom. The smallest absolute Gasteiger partial charge is 0.273 e. The summed E-state index contributed by atoms with van der Waals surface area (Å²) >= 11 is 0. The van der Waals surface area contributed by atoms with Crippen molar-refractivity contribution in [2.24, 2.45) is 0 Å². The number of hydrogen-bond donors (Lipinski definition) is 1. The molecule has 1 heterocycles. The average molecular weight is 230 g/mol.